The van der Waals surface area contributed by atoms with Gasteiger partial charge >= 0.3 is 6.03 Å². The fourth-order valence-corrected chi connectivity index (χ4v) is 3.47. The second-order valence-electron chi connectivity index (χ2n) is 5.15. The molecular weight excluding hydrogens is 327 g/mol. The highest BCUT2D eigenvalue weighted by atomic mass is 35.5. The molecule has 2 amide bonds. The molecule has 0 bridgehead atoms. The lowest BCUT2D eigenvalue weighted by Crippen LogP contribution is -2.35. The summed E-state index contributed by atoms with van der Waals surface area (Å²) in [5.41, 5.74) is 1.21. The zero-order chi connectivity index (χ0) is 15.7. The SMILES string of the molecule is O=C(Nc1ccsc1Cl)N1C[C@@H](O)C[C@@H]1c1cccc(F)c1. The zero-order valence-corrected chi connectivity index (χ0v) is 13.1. The van der Waals surface area contributed by atoms with Crippen LogP contribution in [0.25, 0.3) is 0 Å². The first kappa shape index (κ1) is 15.3. The molecule has 1 fully saturated rings. The fourth-order valence-electron chi connectivity index (χ4n) is 2.64. The Balaban J connectivity index is 1.81. The smallest absolute Gasteiger partial charge is 0.322 e. The van der Waals surface area contributed by atoms with E-state index in [1.165, 1.54) is 28.4 Å². The number of nitrogens with zero attached hydrogens (tertiary/aromatic N) is 1. The fraction of sp³-hybridized carbons (Fsp3) is 0.267. The highest BCUT2D eigenvalue weighted by Crippen LogP contribution is 2.34. The average Bonchev–Trinajstić information content (AvgIpc) is 3.05. The maximum atomic E-state index is 13.4. The number of benzene rings is 1. The number of anilines is 1. The van der Waals surface area contributed by atoms with E-state index in [0.29, 0.717) is 22.0 Å². The molecule has 1 aromatic carbocycles. The molecule has 22 heavy (non-hydrogen) atoms. The Kier molecular flexibility index (Phi) is 4.33. The van der Waals surface area contributed by atoms with Gasteiger partial charge in [0, 0.05) is 6.54 Å². The molecule has 1 saturated heterocycles. The molecule has 0 unspecified atom stereocenters. The number of thiophene rings is 1. The number of rotatable bonds is 2. The number of halogens is 2. The molecule has 0 saturated carbocycles. The van der Waals surface area contributed by atoms with E-state index >= 15 is 0 Å². The van der Waals surface area contributed by atoms with E-state index in [9.17, 15) is 14.3 Å². The summed E-state index contributed by atoms with van der Waals surface area (Å²) in [5.74, 6) is -0.361. The average molecular weight is 341 g/mol. The van der Waals surface area contributed by atoms with Crippen molar-refractivity contribution in [3.05, 3.63) is 51.4 Å². The molecule has 1 aliphatic rings. The predicted octanol–water partition coefficient (Wildman–Crippen LogP) is 3.88. The van der Waals surface area contributed by atoms with Crippen LogP contribution in [0.4, 0.5) is 14.9 Å². The third-order valence-electron chi connectivity index (χ3n) is 3.63. The first-order valence-electron chi connectivity index (χ1n) is 6.78. The number of amides is 2. The number of urea groups is 1. The molecule has 2 N–H and O–H groups in total. The third-order valence-corrected chi connectivity index (χ3v) is 4.80. The molecule has 7 heteroatoms. The van der Waals surface area contributed by atoms with Gasteiger partial charge in [0.1, 0.15) is 10.2 Å². The number of β-amino-alcohol motifs (C(OH)–C–C–N with tert-alkyl or cyclic N) is 1. The quantitative estimate of drug-likeness (QED) is 0.871. The number of aliphatic hydroxyl groups excluding tert-OH is 1. The van der Waals surface area contributed by atoms with Crippen LogP contribution in [0, 0.1) is 5.82 Å². The van der Waals surface area contributed by atoms with E-state index in [0.717, 1.165) is 0 Å². The van der Waals surface area contributed by atoms with Crippen LogP contribution in [0.1, 0.15) is 18.0 Å². The Bertz CT molecular complexity index is 694. The van der Waals surface area contributed by atoms with Crippen molar-refractivity contribution in [2.75, 3.05) is 11.9 Å². The van der Waals surface area contributed by atoms with Gasteiger partial charge in [0.25, 0.3) is 0 Å². The second-order valence-corrected chi connectivity index (χ2v) is 6.67. The maximum absolute atomic E-state index is 13.4. The van der Waals surface area contributed by atoms with Gasteiger partial charge in [-0.1, -0.05) is 23.7 Å². The van der Waals surface area contributed by atoms with Crippen LogP contribution in [0.5, 0.6) is 0 Å². The third kappa shape index (κ3) is 3.09. The Hall–Kier alpha value is -1.63. The minimum Gasteiger partial charge on any atom is -0.391 e. The van der Waals surface area contributed by atoms with Crippen molar-refractivity contribution in [1.29, 1.82) is 0 Å². The lowest BCUT2D eigenvalue weighted by Gasteiger charge is -2.25. The Labute approximate surface area is 136 Å². The number of hydrogen-bond donors (Lipinski definition) is 2. The van der Waals surface area contributed by atoms with Crippen LogP contribution in [0.2, 0.25) is 4.34 Å². The van der Waals surface area contributed by atoms with Gasteiger partial charge < -0.3 is 15.3 Å². The van der Waals surface area contributed by atoms with Crippen LogP contribution in [0.15, 0.2) is 35.7 Å². The first-order chi connectivity index (χ1) is 10.5. The first-order valence-corrected chi connectivity index (χ1v) is 8.04. The van der Waals surface area contributed by atoms with Crippen molar-refractivity contribution >= 4 is 34.7 Å². The number of carbonyl (C=O) groups excluding carboxylic acids is 1. The van der Waals surface area contributed by atoms with E-state index in [1.54, 1.807) is 23.6 Å². The molecule has 2 aromatic rings. The summed E-state index contributed by atoms with van der Waals surface area (Å²) in [6.07, 6.45) is -0.245. The molecule has 2 heterocycles. The van der Waals surface area contributed by atoms with E-state index in [1.807, 2.05) is 0 Å². The predicted molar refractivity (Wildman–Crippen MR) is 84.8 cm³/mol. The molecule has 1 aliphatic heterocycles. The number of carbonyl (C=O) groups is 1. The number of hydrogen-bond acceptors (Lipinski definition) is 3. The lowest BCUT2D eigenvalue weighted by atomic mass is 10.0. The van der Waals surface area contributed by atoms with Crippen LogP contribution in [-0.2, 0) is 0 Å². The zero-order valence-electron chi connectivity index (χ0n) is 11.5. The number of aliphatic hydroxyl groups is 1. The molecule has 0 aliphatic carbocycles. The van der Waals surface area contributed by atoms with Gasteiger partial charge in [-0.25, -0.2) is 9.18 Å². The van der Waals surface area contributed by atoms with Crippen molar-refractivity contribution in [1.82, 2.24) is 4.90 Å². The summed E-state index contributed by atoms with van der Waals surface area (Å²) in [7, 11) is 0. The summed E-state index contributed by atoms with van der Waals surface area (Å²) in [5, 5.41) is 14.4. The summed E-state index contributed by atoms with van der Waals surface area (Å²) >= 11 is 7.30. The van der Waals surface area contributed by atoms with Crippen LogP contribution < -0.4 is 5.32 Å². The largest absolute Gasteiger partial charge is 0.391 e. The molecule has 2 atom stereocenters. The van der Waals surface area contributed by atoms with E-state index in [-0.39, 0.29) is 24.4 Å². The number of nitrogens with one attached hydrogen (secondary N) is 1. The molecular formula is C15H14ClFN2O2S. The van der Waals surface area contributed by atoms with Gasteiger partial charge in [0.2, 0.25) is 0 Å². The van der Waals surface area contributed by atoms with Crippen molar-refractivity contribution < 1.29 is 14.3 Å². The molecule has 0 radical (unpaired) electrons. The molecule has 3 rings (SSSR count). The van der Waals surface area contributed by atoms with Gasteiger partial charge in [-0.2, -0.15) is 0 Å². The maximum Gasteiger partial charge on any atom is 0.322 e. The highest BCUT2D eigenvalue weighted by Gasteiger charge is 2.35. The standard InChI is InChI=1S/C15H14ClFN2O2S/c16-14-12(4-5-22-14)18-15(21)19-8-11(20)7-13(19)9-2-1-3-10(17)6-9/h1-6,11,13,20H,7-8H2,(H,18,21)/t11-,13+/m0/s1. The van der Waals surface area contributed by atoms with Gasteiger partial charge in [-0.05, 0) is 35.6 Å². The van der Waals surface area contributed by atoms with Crippen molar-refractivity contribution in [2.45, 2.75) is 18.6 Å². The van der Waals surface area contributed by atoms with Gasteiger partial charge in [0.15, 0.2) is 0 Å². The summed E-state index contributed by atoms with van der Waals surface area (Å²) in [6.45, 7) is 0.203. The highest BCUT2D eigenvalue weighted by molar-refractivity contribution is 7.15. The monoisotopic (exact) mass is 340 g/mol. The summed E-state index contributed by atoms with van der Waals surface area (Å²) in [6, 6.07) is 7.10. The Morgan fingerprint density at radius 3 is 2.95 bits per heavy atom. The summed E-state index contributed by atoms with van der Waals surface area (Å²) in [4.78, 5) is 13.9. The van der Waals surface area contributed by atoms with Crippen molar-refractivity contribution in [3.63, 3.8) is 0 Å². The molecule has 116 valence electrons. The van der Waals surface area contributed by atoms with E-state index in [2.05, 4.69) is 5.32 Å². The topological polar surface area (TPSA) is 52.6 Å². The molecule has 4 nitrogen and oxygen atoms in total. The van der Waals surface area contributed by atoms with Crippen LogP contribution in [0.3, 0.4) is 0 Å². The van der Waals surface area contributed by atoms with Gasteiger partial charge in [-0.15, -0.1) is 11.3 Å². The van der Waals surface area contributed by atoms with Crippen LogP contribution >= 0.6 is 22.9 Å². The van der Waals surface area contributed by atoms with E-state index in [4.69, 9.17) is 11.6 Å². The van der Waals surface area contributed by atoms with E-state index < -0.39 is 6.10 Å². The number of likely N-dealkylation sites (tertiary alicyclic amines) is 1. The van der Waals surface area contributed by atoms with Crippen molar-refractivity contribution in [2.24, 2.45) is 0 Å². The minimum atomic E-state index is -0.628. The second kappa shape index (κ2) is 6.24. The normalized spacial score (nSPS) is 21.1. The minimum absolute atomic E-state index is 0.203. The summed E-state index contributed by atoms with van der Waals surface area (Å²) < 4.78 is 13.9. The van der Waals surface area contributed by atoms with Gasteiger partial charge in [-0.3, -0.25) is 0 Å². The Morgan fingerprint density at radius 2 is 2.27 bits per heavy atom. The van der Waals surface area contributed by atoms with Crippen molar-refractivity contribution in [3.8, 4) is 0 Å². The molecule has 1 aromatic heterocycles. The van der Waals surface area contributed by atoms with Gasteiger partial charge in [0.05, 0.1) is 17.8 Å². The Morgan fingerprint density at radius 1 is 1.45 bits per heavy atom. The lowest BCUT2D eigenvalue weighted by molar-refractivity contribution is 0.175. The van der Waals surface area contributed by atoms with Crippen LogP contribution in [-0.4, -0.2) is 28.7 Å². The molecule has 0 spiro atoms.